The summed E-state index contributed by atoms with van der Waals surface area (Å²) in [6.07, 6.45) is 2.04. The van der Waals surface area contributed by atoms with Gasteiger partial charge in [-0.05, 0) is 43.2 Å². The van der Waals surface area contributed by atoms with E-state index in [1.807, 2.05) is 44.2 Å². The van der Waals surface area contributed by atoms with Gasteiger partial charge < -0.3 is 9.88 Å². The van der Waals surface area contributed by atoms with Gasteiger partial charge >= 0.3 is 0 Å². The van der Waals surface area contributed by atoms with Crippen molar-refractivity contribution in [3.8, 4) is 0 Å². The molecule has 6 nitrogen and oxygen atoms in total. The Hall–Kier alpha value is -3.12. The topological polar surface area (TPSA) is 68.8 Å². The fourth-order valence-electron chi connectivity index (χ4n) is 4.69. The number of amides is 2. The number of carbonyl (C=O) groups excluding carboxylic acids is 2. The molecule has 0 bridgehead atoms. The Bertz CT molecular complexity index is 1210. The maximum Gasteiger partial charge on any atom is 0.266 e. The Morgan fingerprint density at radius 2 is 1.97 bits per heavy atom. The zero-order chi connectivity index (χ0) is 21.0. The van der Waals surface area contributed by atoms with E-state index in [-0.39, 0.29) is 18.4 Å². The molecule has 1 saturated heterocycles. The van der Waals surface area contributed by atoms with Crippen LogP contribution >= 0.6 is 11.6 Å². The Kier molecular flexibility index (Phi) is 4.22. The van der Waals surface area contributed by atoms with Crippen LogP contribution in [0.15, 0.2) is 53.6 Å². The lowest BCUT2D eigenvalue weighted by Gasteiger charge is -2.50. The molecule has 1 unspecified atom stereocenters. The summed E-state index contributed by atoms with van der Waals surface area (Å²) in [4.78, 5) is 31.6. The number of halogens is 1. The van der Waals surface area contributed by atoms with E-state index >= 15 is 0 Å². The summed E-state index contributed by atoms with van der Waals surface area (Å²) in [5, 5.41) is 7.28. The van der Waals surface area contributed by atoms with Gasteiger partial charge in [0.15, 0.2) is 0 Å². The normalized spacial score (nSPS) is 20.7. The van der Waals surface area contributed by atoms with Gasteiger partial charge in [0, 0.05) is 28.0 Å². The Labute approximate surface area is 179 Å². The van der Waals surface area contributed by atoms with Gasteiger partial charge in [0.05, 0.1) is 11.8 Å². The van der Waals surface area contributed by atoms with Crippen LogP contribution < -0.4 is 0 Å². The lowest BCUT2D eigenvalue weighted by atomic mass is 9.82. The van der Waals surface area contributed by atoms with Crippen LogP contribution in [-0.2, 0) is 21.5 Å². The van der Waals surface area contributed by atoms with E-state index in [0.29, 0.717) is 11.4 Å². The van der Waals surface area contributed by atoms with Crippen molar-refractivity contribution in [2.45, 2.75) is 31.8 Å². The number of H-pyrrole nitrogens is 1. The first-order valence-electron chi connectivity index (χ1n) is 9.89. The average Bonchev–Trinajstić information content (AvgIpc) is 3.09. The van der Waals surface area contributed by atoms with E-state index < -0.39 is 11.6 Å². The van der Waals surface area contributed by atoms with Crippen LogP contribution in [0.4, 0.5) is 0 Å². The van der Waals surface area contributed by atoms with Crippen LogP contribution in [0.1, 0.15) is 30.7 Å². The number of rotatable bonds is 2. The number of piperazine rings is 1. The molecule has 1 N–H and O–H groups in total. The van der Waals surface area contributed by atoms with Gasteiger partial charge in [-0.3, -0.25) is 9.59 Å². The molecular formula is C23H21ClN4O2. The first kappa shape index (κ1) is 18.9. The average molecular weight is 421 g/mol. The number of para-hydroxylation sites is 1. The summed E-state index contributed by atoms with van der Waals surface area (Å²) < 4.78 is 0. The molecule has 1 aromatic heterocycles. The van der Waals surface area contributed by atoms with Gasteiger partial charge in [0.25, 0.3) is 5.91 Å². The maximum atomic E-state index is 13.3. The molecule has 2 amide bonds. The van der Waals surface area contributed by atoms with Crippen LogP contribution in [0, 0.1) is 0 Å². The highest BCUT2D eigenvalue weighted by atomic mass is 35.5. The van der Waals surface area contributed by atoms with Crippen molar-refractivity contribution in [3.63, 3.8) is 0 Å². The smallest absolute Gasteiger partial charge is 0.266 e. The summed E-state index contributed by atoms with van der Waals surface area (Å²) in [6.45, 7) is 3.90. The zero-order valence-electron chi connectivity index (χ0n) is 16.7. The van der Waals surface area contributed by atoms with E-state index in [1.165, 1.54) is 5.01 Å². The number of aromatic amines is 1. The van der Waals surface area contributed by atoms with E-state index in [0.717, 1.165) is 27.7 Å². The van der Waals surface area contributed by atoms with E-state index in [9.17, 15) is 9.59 Å². The molecule has 5 rings (SSSR count). The van der Waals surface area contributed by atoms with Crippen molar-refractivity contribution < 1.29 is 9.59 Å². The quantitative estimate of drug-likeness (QED) is 0.642. The second kappa shape index (κ2) is 6.71. The third kappa shape index (κ3) is 2.82. The van der Waals surface area contributed by atoms with Crippen molar-refractivity contribution in [3.05, 3.63) is 70.4 Å². The fourth-order valence-corrected chi connectivity index (χ4v) is 4.89. The predicted molar refractivity (Wildman–Crippen MR) is 116 cm³/mol. The van der Waals surface area contributed by atoms with Crippen LogP contribution in [0.5, 0.6) is 0 Å². The molecule has 0 aliphatic carbocycles. The van der Waals surface area contributed by atoms with Crippen molar-refractivity contribution in [2.24, 2.45) is 5.10 Å². The second-order valence-electron chi connectivity index (χ2n) is 8.26. The number of nitrogens with zero attached hydrogens (tertiary/aromatic N) is 3. The standard InChI is InChI=1S/C23H21ClN4O2/c1-23(2)21-17(16-8-3-4-9-18(16)26-21)11-19-22(30)27(13-20(29)28(19)23)25-12-14-6-5-7-15(24)10-14/h3-10,12,19,26H,11,13H2,1-2H3. The lowest BCUT2D eigenvalue weighted by Crippen LogP contribution is -2.66. The summed E-state index contributed by atoms with van der Waals surface area (Å²) in [7, 11) is 0. The molecule has 3 aromatic rings. The maximum absolute atomic E-state index is 13.3. The molecular weight excluding hydrogens is 400 g/mol. The van der Waals surface area contributed by atoms with Gasteiger partial charge in [0.2, 0.25) is 5.91 Å². The Balaban J connectivity index is 1.52. The molecule has 0 radical (unpaired) electrons. The first-order chi connectivity index (χ1) is 14.4. The summed E-state index contributed by atoms with van der Waals surface area (Å²) in [5.41, 5.74) is 3.27. The Morgan fingerprint density at radius 3 is 2.77 bits per heavy atom. The van der Waals surface area contributed by atoms with Gasteiger partial charge in [-0.2, -0.15) is 5.10 Å². The number of hydrogen-bond donors (Lipinski definition) is 1. The van der Waals surface area contributed by atoms with Crippen LogP contribution in [-0.4, -0.2) is 45.5 Å². The van der Waals surface area contributed by atoms with Crippen LogP contribution in [0.3, 0.4) is 0 Å². The highest BCUT2D eigenvalue weighted by molar-refractivity contribution is 6.30. The monoisotopic (exact) mass is 420 g/mol. The molecule has 2 aliphatic heterocycles. The zero-order valence-corrected chi connectivity index (χ0v) is 17.5. The molecule has 7 heteroatoms. The largest absolute Gasteiger partial charge is 0.356 e. The molecule has 1 fully saturated rings. The minimum Gasteiger partial charge on any atom is -0.356 e. The lowest BCUT2D eigenvalue weighted by molar-refractivity contribution is -0.163. The van der Waals surface area contributed by atoms with Gasteiger partial charge in [0.1, 0.15) is 12.6 Å². The number of aromatic nitrogens is 1. The molecule has 2 aromatic carbocycles. The van der Waals surface area contributed by atoms with Gasteiger partial charge in [-0.25, -0.2) is 5.01 Å². The van der Waals surface area contributed by atoms with Gasteiger partial charge in [-0.15, -0.1) is 0 Å². The molecule has 152 valence electrons. The number of benzene rings is 2. The van der Waals surface area contributed by atoms with Crippen LogP contribution in [0.25, 0.3) is 10.9 Å². The minimum atomic E-state index is -0.618. The number of hydrogen-bond acceptors (Lipinski definition) is 3. The molecule has 2 aliphatic rings. The van der Waals surface area contributed by atoms with Crippen LogP contribution in [0.2, 0.25) is 5.02 Å². The van der Waals surface area contributed by atoms with E-state index in [4.69, 9.17) is 11.6 Å². The van der Waals surface area contributed by atoms with Crippen molar-refractivity contribution in [1.82, 2.24) is 14.9 Å². The van der Waals surface area contributed by atoms with Gasteiger partial charge in [-0.1, -0.05) is 41.9 Å². The highest BCUT2D eigenvalue weighted by Gasteiger charge is 2.51. The SMILES string of the molecule is CC1(C)c2[nH]c3ccccc3c2CC2C(=O)N(N=Cc3cccc(Cl)c3)CC(=O)N21. The van der Waals surface area contributed by atoms with Crippen molar-refractivity contribution in [2.75, 3.05) is 6.54 Å². The second-order valence-corrected chi connectivity index (χ2v) is 8.70. The molecule has 3 heterocycles. The number of hydrazone groups is 1. The van der Waals surface area contributed by atoms with E-state index in [1.54, 1.807) is 23.2 Å². The molecule has 1 atom stereocenters. The molecule has 0 saturated carbocycles. The number of nitrogens with one attached hydrogen (secondary N) is 1. The summed E-state index contributed by atoms with van der Waals surface area (Å²) in [5.74, 6) is -0.283. The fraction of sp³-hybridized carbons (Fsp3) is 0.261. The summed E-state index contributed by atoms with van der Waals surface area (Å²) >= 11 is 6.02. The minimum absolute atomic E-state index is 0.0780. The summed E-state index contributed by atoms with van der Waals surface area (Å²) in [6, 6.07) is 14.7. The number of fused-ring (bicyclic) bond motifs is 4. The third-order valence-electron chi connectivity index (χ3n) is 6.02. The predicted octanol–water partition coefficient (Wildman–Crippen LogP) is 3.69. The van der Waals surface area contributed by atoms with Crippen molar-refractivity contribution in [1.29, 1.82) is 0 Å². The first-order valence-corrected chi connectivity index (χ1v) is 10.3. The molecule has 30 heavy (non-hydrogen) atoms. The van der Waals surface area contributed by atoms with Crippen molar-refractivity contribution >= 4 is 40.5 Å². The number of carbonyl (C=O) groups is 2. The molecule has 0 spiro atoms. The van der Waals surface area contributed by atoms with E-state index in [2.05, 4.69) is 16.2 Å². The highest BCUT2D eigenvalue weighted by Crippen LogP contribution is 2.42. The Morgan fingerprint density at radius 1 is 1.17 bits per heavy atom. The third-order valence-corrected chi connectivity index (χ3v) is 6.26.